The Labute approximate surface area is 189 Å². The number of hydrogen-bond donors (Lipinski definition) is 1. The van der Waals surface area contributed by atoms with Gasteiger partial charge in [0.2, 0.25) is 0 Å². The minimum absolute atomic E-state index is 0.0953. The van der Waals surface area contributed by atoms with Gasteiger partial charge in [0, 0.05) is 31.1 Å². The van der Waals surface area contributed by atoms with E-state index in [0.29, 0.717) is 48.0 Å². The zero-order valence-electron chi connectivity index (χ0n) is 18.2. The number of fused-ring (bicyclic) bond motifs is 1. The summed E-state index contributed by atoms with van der Waals surface area (Å²) in [5.41, 5.74) is 2.30. The average Bonchev–Trinajstić information content (AvgIpc) is 3.52. The van der Waals surface area contributed by atoms with Gasteiger partial charge in [-0.2, -0.15) is 0 Å². The number of carbonyl (C=O) groups is 1. The molecule has 1 aromatic carbocycles. The fraction of sp³-hybridized carbons (Fsp3) is 0.417. The van der Waals surface area contributed by atoms with E-state index in [1.165, 1.54) is 16.5 Å². The number of pyridine rings is 1. The molecule has 1 unspecified atom stereocenters. The molecule has 4 heterocycles. The number of alkyl halides is 1. The monoisotopic (exact) mass is 457 g/mol. The molecule has 2 aliphatic heterocycles. The van der Waals surface area contributed by atoms with Crippen LogP contribution in [0.2, 0.25) is 0 Å². The highest BCUT2D eigenvalue weighted by atomic mass is 19.1. The largest absolute Gasteiger partial charge is 0.488 e. The molecule has 0 bridgehead atoms. The predicted molar refractivity (Wildman–Crippen MR) is 117 cm³/mol. The van der Waals surface area contributed by atoms with Crippen LogP contribution in [-0.2, 0) is 11.2 Å². The zero-order chi connectivity index (χ0) is 23.1. The number of rotatable bonds is 6. The number of ether oxygens (including phenoxy) is 2. The van der Waals surface area contributed by atoms with E-state index < -0.39 is 24.0 Å². The molecule has 5 rings (SSSR count). The van der Waals surface area contributed by atoms with Crippen LogP contribution in [0.3, 0.4) is 0 Å². The number of aryl methyl sites for hydroxylation is 1. The Bertz CT molecular complexity index is 1190. The lowest BCUT2D eigenvalue weighted by atomic mass is 10.0. The third kappa shape index (κ3) is 4.01. The van der Waals surface area contributed by atoms with Gasteiger partial charge in [-0.05, 0) is 36.8 Å². The molecular weight excluding hydrogens is 432 g/mol. The normalized spacial score (nSPS) is 22.9. The van der Waals surface area contributed by atoms with Crippen LogP contribution in [0.5, 0.6) is 5.75 Å². The van der Waals surface area contributed by atoms with Crippen LogP contribution in [0.25, 0.3) is 5.65 Å². The van der Waals surface area contributed by atoms with Gasteiger partial charge in [0.25, 0.3) is 0 Å². The molecular formula is C24H25F2N3O4. The summed E-state index contributed by atoms with van der Waals surface area (Å²) in [5.74, 6) is -0.982. The van der Waals surface area contributed by atoms with Gasteiger partial charge in [0.1, 0.15) is 29.5 Å². The molecule has 174 valence electrons. The van der Waals surface area contributed by atoms with E-state index in [-0.39, 0.29) is 24.8 Å². The third-order valence-electron chi connectivity index (χ3n) is 6.31. The van der Waals surface area contributed by atoms with Crippen LogP contribution in [-0.4, -0.2) is 52.5 Å². The second kappa shape index (κ2) is 8.62. The van der Waals surface area contributed by atoms with Crippen molar-refractivity contribution in [3.05, 3.63) is 59.3 Å². The fourth-order valence-corrected chi connectivity index (χ4v) is 4.76. The highest BCUT2D eigenvalue weighted by Crippen LogP contribution is 2.42. The molecule has 7 nitrogen and oxygen atoms in total. The number of imidazole rings is 1. The van der Waals surface area contributed by atoms with Crippen LogP contribution in [0, 0.1) is 5.82 Å². The van der Waals surface area contributed by atoms with Gasteiger partial charge in [-0.15, -0.1) is 0 Å². The lowest BCUT2D eigenvalue weighted by Gasteiger charge is -2.29. The topological polar surface area (TPSA) is 76.3 Å². The molecule has 2 aliphatic rings. The van der Waals surface area contributed by atoms with Crippen molar-refractivity contribution >= 4 is 17.3 Å². The lowest BCUT2D eigenvalue weighted by Crippen LogP contribution is -2.25. The molecule has 0 saturated carbocycles. The van der Waals surface area contributed by atoms with Crippen molar-refractivity contribution in [3.8, 4) is 5.75 Å². The quantitative estimate of drug-likeness (QED) is 0.598. The molecule has 0 amide bonds. The molecule has 0 spiro atoms. The number of hydrogen-bond acceptors (Lipinski definition) is 5. The summed E-state index contributed by atoms with van der Waals surface area (Å²) in [7, 11) is 0. The van der Waals surface area contributed by atoms with E-state index >= 15 is 0 Å². The molecule has 33 heavy (non-hydrogen) atoms. The average molecular weight is 457 g/mol. The molecule has 3 atom stereocenters. The molecule has 2 saturated heterocycles. The SMILES string of the molecule is CCc1nc2ccc(N3C[C@@H](F)C[C@@H]3c3cc(F)ccc3OC3CCOC3)cn2c1C(=O)O. The maximum absolute atomic E-state index is 14.7. The van der Waals surface area contributed by atoms with Crippen LogP contribution in [0.4, 0.5) is 14.5 Å². The number of benzene rings is 1. The van der Waals surface area contributed by atoms with Crippen LogP contribution in [0.15, 0.2) is 36.5 Å². The number of halogens is 2. The van der Waals surface area contributed by atoms with E-state index in [2.05, 4.69) is 4.98 Å². The molecule has 0 radical (unpaired) electrons. The van der Waals surface area contributed by atoms with E-state index in [1.807, 2.05) is 11.8 Å². The van der Waals surface area contributed by atoms with Gasteiger partial charge in [-0.1, -0.05) is 6.92 Å². The Balaban J connectivity index is 1.55. The lowest BCUT2D eigenvalue weighted by molar-refractivity contribution is 0.0688. The van der Waals surface area contributed by atoms with Crippen molar-refractivity contribution in [1.29, 1.82) is 0 Å². The summed E-state index contributed by atoms with van der Waals surface area (Å²) in [6.45, 7) is 3.03. The highest BCUT2D eigenvalue weighted by molar-refractivity contribution is 5.88. The third-order valence-corrected chi connectivity index (χ3v) is 6.31. The van der Waals surface area contributed by atoms with Crippen molar-refractivity contribution in [2.75, 3.05) is 24.7 Å². The van der Waals surface area contributed by atoms with E-state index in [1.54, 1.807) is 24.4 Å². The first kappa shape index (κ1) is 21.6. The van der Waals surface area contributed by atoms with Crippen molar-refractivity contribution in [2.24, 2.45) is 0 Å². The van der Waals surface area contributed by atoms with Gasteiger partial charge in [-0.3, -0.25) is 4.40 Å². The molecule has 0 aliphatic carbocycles. The van der Waals surface area contributed by atoms with Gasteiger partial charge >= 0.3 is 5.97 Å². The second-order valence-corrected chi connectivity index (χ2v) is 8.47. The smallest absolute Gasteiger partial charge is 0.354 e. The van der Waals surface area contributed by atoms with Crippen molar-refractivity contribution in [2.45, 2.75) is 44.5 Å². The van der Waals surface area contributed by atoms with Crippen molar-refractivity contribution in [1.82, 2.24) is 9.38 Å². The summed E-state index contributed by atoms with van der Waals surface area (Å²) in [6, 6.07) is 7.37. The maximum atomic E-state index is 14.7. The molecule has 2 fully saturated rings. The second-order valence-electron chi connectivity index (χ2n) is 8.47. The molecule has 9 heteroatoms. The van der Waals surface area contributed by atoms with Gasteiger partial charge in [0.15, 0.2) is 5.69 Å². The Morgan fingerprint density at radius 2 is 2.18 bits per heavy atom. The highest BCUT2D eigenvalue weighted by Gasteiger charge is 2.36. The number of carboxylic acid groups (broad SMARTS) is 1. The van der Waals surface area contributed by atoms with E-state index in [0.717, 1.165) is 6.42 Å². The number of carboxylic acids is 1. The van der Waals surface area contributed by atoms with E-state index in [9.17, 15) is 18.7 Å². The number of aromatic carboxylic acids is 1. The minimum Gasteiger partial charge on any atom is -0.488 e. The first-order valence-corrected chi connectivity index (χ1v) is 11.1. The Hall–Kier alpha value is -3.20. The maximum Gasteiger partial charge on any atom is 0.354 e. The standard InChI is InChI=1S/C24H25F2N3O4/c1-2-19-23(24(30)31)29-12-16(4-6-22(29)27-19)28-11-15(26)10-20(28)18-9-14(25)3-5-21(18)33-17-7-8-32-13-17/h3-6,9,12,15,17,20H,2,7-8,10-11,13H2,1H3,(H,30,31)/t15-,17?,20+/m0/s1. The molecule has 1 N–H and O–H groups in total. The van der Waals surface area contributed by atoms with Gasteiger partial charge < -0.3 is 19.5 Å². The number of anilines is 1. The van der Waals surface area contributed by atoms with Crippen LogP contribution >= 0.6 is 0 Å². The first-order chi connectivity index (χ1) is 15.9. The number of nitrogens with zero attached hydrogens (tertiary/aromatic N) is 3. The Kier molecular flexibility index (Phi) is 5.65. The minimum atomic E-state index is -1.12. The van der Waals surface area contributed by atoms with Gasteiger partial charge in [-0.25, -0.2) is 18.6 Å². The van der Waals surface area contributed by atoms with Crippen LogP contribution < -0.4 is 9.64 Å². The summed E-state index contributed by atoms with van der Waals surface area (Å²) < 4.78 is 42.0. The summed E-state index contributed by atoms with van der Waals surface area (Å²) >= 11 is 0. The summed E-state index contributed by atoms with van der Waals surface area (Å²) in [6.07, 6.45) is 1.82. The Morgan fingerprint density at radius 1 is 1.33 bits per heavy atom. The van der Waals surface area contributed by atoms with Crippen molar-refractivity contribution in [3.63, 3.8) is 0 Å². The summed E-state index contributed by atoms with van der Waals surface area (Å²) in [5, 5.41) is 9.71. The molecule has 2 aromatic heterocycles. The predicted octanol–water partition coefficient (Wildman–Crippen LogP) is 4.19. The van der Waals surface area contributed by atoms with Crippen LogP contribution in [0.1, 0.15) is 47.6 Å². The molecule has 3 aromatic rings. The van der Waals surface area contributed by atoms with Gasteiger partial charge in [0.05, 0.1) is 30.6 Å². The first-order valence-electron chi connectivity index (χ1n) is 11.1. The number of aromatic nitrogens is 2. The Morgan fingerprint density at radius 3 is 2.91 bits per heavy atom. The summed E-state index contributed by atoms with van der Waals surface area (Å²) in [4.78, 5) is 18.1. The fourth-order valence-electron chi connectivity index (χ4n) is 4.76. The van der Waals surface area contributed by atoms with E-state index in [4.69, 9.17) is 9.47 Å². The zero-order valence-corrected chi connectivity index (χ0v) is 18.2. The van der Waals surface area contributed by atoms with Crippen molar-refractivity contribution < 1.29 is 28.2 Å².